The van der Waals surface area contributed by atoms with Crippen LogP contribution in [-0.4, -0.2) is 27.9 Å². The second-order valence-corrected chi connectivity index (χ2v) is 5.89. The highest BCUT2D eigenvalue weighted by atomic mass is 16.4. The van der Waals surface area contributed by atoms with Gasteiger partial charge < -0.3 is 20.7 Å². The van der Waals surface area contributed by atoms with E-state index in [0.29, 0.717) is 6.54 Å². The van der Waals surface area contributed by atoms with Crippen molar-refractivity contribution in [3.05, 3.63) is 36.0 Å². The smallest absolute Gasteiger partial charge is 0.405 e. The zero-order valence-electron chi connectivity index (χ0n) is 12.0. The monoisotopic (exact) mass is 287 g/mol. The van der Waals surface area contributed by atoms with Crippen molar-refractivity contribution in [2.45, 2.75) is 37.8 Å². The Kier molecular flexibility index (Phi) is 3.59. The fraction of sp³-hybridized carbons (Fsp3) is 0.438. The van der Waals surface area contributed by atoms with Crippen molar-refractivity contribution in [1.82, 2.24) is 9.88 Å². The first-order valence-corrected chi connectivity index (χ1v) is 7.41. The van der Waals surface area contributed by atoms with Gasteiger partial charge in [-0.15, -0.1) is 0 Å². The first kappa shape index (κ1) is 13.9. The van der Waals surface area contributed by atoms with Crippen LogP contribution in [0.1, 0.15) is 24.8 Å². The van der Waals surface area contributed by atoms with Crippen molar-refractivity contribution in [1.29, 1.82) is 0 Å². The Morgan fingerprint density at radius 2 is 2.14 bits per heavy atom. The number of carbonyl (C=O) groups is 1. The molecular weight excluding hydrogens is 266 g/mol. The fourth-order valence-electron chi connectivity index (χ4n) is 3.00. The van der Waals surface area contributed by atoms with Gasteiger partial charge in [0.15, 0.2) is 0 Å². The Bertz CT molecular complexity index is 659. The van der Waals surface area contributed by atoms with Crippen molar-refractivity contribution >= 4 is 17.0 Å². The van der Waals surface area contributed by atoms with E-state index < -0.39 is 6.09 Å². The van der Waals surface area contributed by atoms with E-state index in [1.165, 1.54) is 16.5 Å². The molecule has 112 valence electrons. The predicted octanol–water partition coefficient (Wildman–Crippen LogP) is 2.33. The normalized spacial score (nSPS) is 16.0. The zero-order chi connectivity index (χ0) is 14.9. The van der Waals surface area contributed by atoms with Gasteiger partial charge in [-0.2, -0.15) is 0 Å². The summed E-state index contributed by atoms with van der Waals surface area (Å²) >= 11 is 0. The average molecular weight is 287 g/mol. The summed E-state index contributed by atoms with van der Waals surface area (Å²) in [6.07, 6.45) is 4.76. The van der Waals surface area contributed by atoms with Gasteiger partial charge in [0.2, 0.25) is 0 Å². The van der Waals surface area contributed by atoms with Gasteiger partial charge in [-0.25, -0.2) is 4.79 Å². The molecule has 1 aliphatic rings. The molecule has 1 aliphatic carbocycles. The summed E-state index contributed by atoms with van der Waals surface area (Å²) in [7, 11) is 0. The number of aryl methyl sites for hydroxylation is 1. The molecule has 4 N–H and O–H groups in total. The number of nitrogens with one attached hydrogen (secondary N) is 1. The molecule has 1 aromatic carbocycles. The van der Waals surface area contributed by atoms with Gasteiger partial charge in [-0.1, -0.05) is 18.2 Å². The van der Waals surface area contributed by atoms with E-state index in [2.05, 4.69) is 28.2 Å². The number of rotatable bonds is 6. The van der Waals surface area contributed by atoms with Crippen LogP contribution in [0.2, 0.25) is 0 Å². The molecule has 0 unspecified atom stereocenters. The zero-order valence-corrected chi connectivity index (χ0v) is 12.0. The highest BCUT2D eigenvalue weighted by Gasteiger charge is 2.44. The van der Waals surface area contributed by atoms with Gasteiger partial charge in [-0.05, 0) is 43.9 Å². The topological polar surface area (TPSA) is 80.3 Å². The third kappa shape index (κ3) is 2.88. The van der Waals surface area contributed by atoms with Crippen LogP contribution in [0.4, 0.5) is 4.79 Å². The van der Waals surface area contributed by atoms with Gasteiger partial charge in [-0.3, -0.25) is 0 Å². The number of aromatic nitrogens is 1. The molecule has 1 fully saturated rings. The minimum Gasteiger partial charge on any atom is -0.465 e. The van der Waals surface area contributed by atoms with Crippen LogP contribution in [0.3, 0.4) is 0 Å². The standard InChI is InChI=1S/C16H21N3O2/c17-8-3-9-19-11-12(13-4-1-2-5-14(13)19)10-16(6-7-16)18-15(20)21/h1-2,4-5,11,18H,3,6-10,17H2,(H,20,21). The summed E-state index contributed by atoms with van der Waals surface area (Å²) in [6.45, 7) is 1.57. The number of para-hydroxylation sites is 1. The summed E-state index contributed by atoms with van der Waals surface area (Å²) in [4.78, 5) is 10.9. The summed E-state index contributed by atoms with van der Waals surface area (Å²) in [5.41, 5.74) is 7.77. The van der Waals surface area contributed by atoms with E-state index in [4.69, 9.17) is 10.8 Å². The molecule has 0 saturated heterocycles. The van der Waals surface area contributed by atoms with Crippen molar-refractivity contribution in [3.63, 3.8) is 0 Å². The SMILES string of the molecule is NCCCn1cc(CC2(NC(=O)O)CC2)c2ccccc21. The second kappa shape index (κ2) is 5.41. The van der Waals surface area contributed by atoms with E-state index in [1.54, 1.807) is 0 Å². The van der Waals surface area contributed by atoms with Gasteiger partial charge in [0.25, 0.3) is 0 Å². The van der Waals surface area contributed by atoms with Crippen LogP contribution in [0.5, 0.6) is 0 Å². The molecule has 1 heterocycles. The number of fused-ring (bicyclic) bond motifs is 1. The third-order valence-electron chi connectivity index (χ3n) is 4.23. The maximum Gasteiger partial charge on any atom is 0.405 e. The molecule has 5 nitrogen and oxygen atoms in total. The minimum atomic E-state index is -0.931. The molecule has 5 heteroatoms. The Morgan fingerprint density at radius 3 is 2.81 bits per heavy atom. The Morgan fingerprint density at radius 1 is 1.38 bits per heavy atom. The maximum atomic E-state index is 10.9. The lowest BCUT2D eigenvalue weighted by Gasteiger charge is -2.14. The molecule has 0 aliphatic heterocycles. The predicted molar refractivity (Wildman–Crippen MR) is 82.4 cm³/mol. The fourth-order valence-corrected chi connectivity index (χ4v) is 3.00. The molecule has 3 rings (SSSR count). The van der Waals surface area contributed by atoms with E-state index in [1.807, 2.05) is 12.1 Å². The van der Waals surface area contributed by atoms with Crippen LogP contribution in [-0.2, 0) is 13.0 Å². The van der Waals surface area contributed by atoms with Crippen molar-refractivity contribution < 1.29 is 9.90 Å². The summed E-state index contributed by atoms with van der Waals surface area (Å²) in [5.74, 6) is 0. The number of benzene rings is 1. The van der Waals surface area contributed by atoms with Crippen LogP contribution < -0.4 is 11.1 Å². The first-order chi connectivity index (χ1) is 10.1. The van der Waals surface area contributed by atoms with Crippen molar-refractivity contribution in [2.24, 2.45) is 5.73 Å². The lowest BCUT2D eigenvalue weighted by molar-refractivity contribution is 0.188. The molecule has 1 saturated carbocycles. The van der Waals surface area contributed by atoms with E-state index in [9.17, 15) is 4.79 Å². The Balaban J connectivity index is 1.90. The summed E-state index contributed by atoms with van der Waals surface area (Å²) < 4.78 is 2.23. The highest BCUT2D eigenvalue weighted by molar-refractivity contribution is 5.84. The highest BCUT2D eigenvalue weighted by Crippen LogP contribution is 2.40. The Hall–Kier alpha value is -2.01. The number of nitrogens with zero attached hydrogens (tertiary/aromatic N) is 1. The molecule has 0 bridgehead atoms. The molecule has 1 amide bonds. The molecule has 0 spiro atoms. The molecule has 0 atom stereocenters. The van der Waals surface area contributed by atoms with E-state index >= 15 is 0 Å². The van der Waals surface area contributed by atoms with Gasteiger partial charge in [0.05, 0.1) is 0 Å². The van der Waals surface area contributed by atoms with Crippen molar-refractivity contribution in [2.75, 3.05) is 6.54 Å². The van der Waals surface area contributed by atoms with E-state index in [0.717, 1.165) is 32.2 Å². The van der Waals surface area contributed by atoms with Gasteiger partial charge >= 0.3 is 6.09 Å². The second-order valence-electron chi connectivity index (χ2n) is 5.89. The molecule has 0 radical (unpaired) electrons. The third-order valence-corrected chi connectivity index (χ3v) is 4.23. The molecule has 2 aromatic rings. The van der Waals surface area contributed by atoms with Gasteiger partial charge in [0, 0.05) is 29.2 Å². The lowest BCUT2D eigenvalue weighted by Crippen LogP contribution is -2.37. The van der Waals surface area contributed by atoms with Crippen LogP contribution in [0.15, 0.2) is 30.5 Å². The number of hydrogen-bond acceptors (Lipinski definition) is 2. The van der Waals surface area contributed by atoms with Gasteiger partial charge in [0.1, 0.15) is 0 Å². The first-order valence-electron chi connectivity index (χ1n) is 7.41. The molecular formula is C16H21N3O2. The Labute approximate surface area is 123 Å². The quantitative estimate of drug-likeness (QED) is 0.763. The number of hydrogen-bond donors (Lipinski definition) is 3. The number of nitrogens with two attached hydrogens (primary N) is 1. The maximum absolute atomic E-state index is 10.9. The largest absolute Gasteiger partial charge is 0.465 e. The average Bonchev–Trinajstić information content (AvgIpc) is 3.11. The lowest BCUT2D eigenvalue weighted by atomic mass is 10.0. The minimum absolute atomic E-state index is 0.255. The molecule has 21 heavy (non-hydrogen) atoms. The molecule has 1 aromatic heterocycles. The van der Waals surface area contributed by atoms with Crippen molar-refractivity contribution in [3.8, 4) is 0 Å². The summed E-state index contributed by atoms with van der Waals surface area (Å²) in [6, 6.07) is 8.29. The van der Waals surface area contributed by atoms with Crippen LogP contribution in [0, 0.1) is 0 Å². The van der Waals surface area contributed by atoms with Crippen LogP contribution >= 0.6 is 0 Å². The summed E-state index contributed by atoms with van der Waals surface area (Å²) in [5, 5.41) is 12.9. The van der Waals surface area contributed by atoms with Crippen LogP contribution in [0.25, 0.3) is 10.9 Å². The number of carboxylic acid groups (broad SMARTS) is 1. The number of amides is 1. The van der Waals surface area contributed by atoms with E-state index in [-0.39, 0.29) is 5.54 Å².